The van der Waals surface area contributed by atoms with Crippen molar-refractivity contribution in [1.82, 2.24) is 0 Å². The fraction of sp³-hybridized carbons (Fsp3) is 0.125. The molecule has 1 heterocycles. The van der Waals surface area contributed by atoms with E-state index in [0.717, 1.165) is 28.0 Å². The van der Waals surface area contributed by atoms with Crippen LogP contribution in [0.25, 0.3) is 22.3 Å². The molecule has 0 N–H and O–H groups in total. The molecule has 2 aromatic carbocycles. The molecular formula is C16H14O2S. The average Bonchev–Trinajstić information content (AvgIpc) is 2.90. The van der Waals surface area contributed by atoms with E-state index in [2.05, 4.69) is 36.6 Å². The third-order valence-corrected chi connectivity index (χ3v) is 3.85. The van der Waals surface area contributed by atoms with Crippen molar-refractivity contribution in [2.75, 3.05) is 13.4 Å². The minimum atomic E-state index is 0.811. The van der Waals surface area contributed by atoms with Crippen molar-refractivity contribution in [3.63, 3.8) is 0 Å². The lowest BCUT2D eigenvalue weighted by Gasteiger charge is -1.98. The highest BCUT2D eigenvalue weighted by Crippen LogP contribution is 2.30. The summed E-state index contributed by atoms with van der Waals surface area (Å²) in [4.78, 5) is 1.25. The van der Waals surface area contributed by atoms with Crippen LogP contribution in [0.2, 0.25) is 0 Å². The third-order valence-electron chi connectivity index (χ3n) is 3.10. The number of hydrogen-bond donors (Lipinski definition) is 0. The van der Waals surface area contributed by atoms with E-state index in [1.54, 1.807) is 18.9 Å². The van der Waals surface area contributed by atoms with Gasteiger partial charge in [0.25, 0.3) is 0 Å². The first-order chi connectivity index (χ1) is 9.30. The van der Waals surface area contributed by atoms with Crippen molar-refractivity contribution >= 4 is 22.7 Å². The van der Waals surface area contributed by atoms with E-state index >= 15 is 0 Å². The van der Waals surface area contributed by atoms with Crippen LogP contribution in [0.5, 0.6) is 5.75 Å². The van der Waals surface area contributed by atoms with Crippen LogP contribution in [0.4, 0.5) is 0 Å². The zero-order chi connectivity index (χ0) is 13.2. The van der Waals surface area contributed by atoms with Crippen LogP contribution in [0.1, 0.15) is 0 Å². The van der Waals surface area contributed by atoms with E-state index < -0.39 is 0 Å². The summed E-state index contributed by atoms with van der Waals surface area (Å²) in [7, 11) is 1.66. The van der Waals surface area contributed by atoms with Gasteiger partial charge in [-0.1, -0.05) is 12.1 Å². The molecule has 0 atom stereocenters. The van der Waals surface area contributed by atoms with Crippen molar-refractivity contribution in [2.45, 2.75) is 4.90 Å². The number of methoxy groups -OCH3 is 1. The van der Waals surface area contributed by atoms with E-state index in [0.29, 0.717) is 0 Å². The molecule has 0 aliphatic heterocycles. The van der Waals surface area contributed by atoms with Crippen LogP contribution in [0.3, 0.4) is 0 Å². The lowest BCUT2D eigenvalue weighted by Crippen LogP contribution is -1.79. The molecule has 3 aromatic rings. The molecule has 0 saturated carbocycles. The maximum absolute atomic E-state index is 5.88. The lowest BCUT2D eigenvalue weighted by molar-refractivity contribution is 0.414. The van der Waals surface area contributed by atoms with Crippen molar-refractivity contribution in [3.8, 4) is 17.1 Å². The highest BCUT2D eigenvalue weighted by atomic mass is 32.2. The Kier molecular flexibility index (Phi) is 3.22. The van der Waals surface area contributed by atoms with Gasteiger partial charge in [0, 0.05) is 21.9 Å². The van der Waals surface area contributed by atoms with E-state index in [1.807, 2.05) is 18.2 Å². The predicted octanol–water partition coefficient (Wildman–Crippen LogP) is 4.83. The molecule has 0 bridgehead atoms. The van der Waals surface area contributed by atoms with Crippen LogP contribution in [0.15, 0.2) is 57.8 Å². The van der Waals surface area contributed by atoms with Gasteiger partial charge in [-0.25, -0.2) is 0 Å². The Labute approximate surface area is 116 Å². The number of benzene rings is 2. The van der Waals surface area contributed by atoms with Gasteiger partial charge in [-0.05, 0) is 36.6 Å². The van der Waals surface area contributed by atoms with Gasteiger partial charge in [-0.15, -0.1) is 11.8 Å². The highest BCUT2D eigenvalue weighted by Gasteiger charge is 2.07. The van der Waals surface area contributed by atoms with Crippen LogP contribution >= 0.6 is 11.8 Å². The maximum Gasteiger partial charge on any atom is 0.138 e. The van der Waals surface area contributed by atoms with Crippen LogP contribution in [-0.2, 0) is 0 Å². The first kappa shape index (κ1) is 12.2. The fourth-order valence-electron chi connectivity index (χ4n) is 2.04. The molecule has 3 heteroatoms. The second-order valence-electron chi connectivity index (χ2n) is 4.24. The van der Waals surface area contributed by atoms with Gasteiger partial charge in [0.2, 0.25) is 0 Å². The largest absolute Gasteiger partial charge is 0.497 e. The van der Waals surface area contributed by atoms with E-state index in [1.165, 1.54) is 4.90 Å². The molecule has 0 amide bonds. The zero-order valence-electron chi connectivity index (χ0n) is 10.8. The summed E-state index contributed by atoms with van der Waals surface area (Å²) in [6, 6.07) is 16.3. The number of hydrogen-bond acceptors (Lipinski definition) is 3. The molecule has 0 aliphatic rings. The summed E-state index contributed by atoms with van der Waals surface area (Å²) in [5, 5.41) is 1.09. The summed E-state index contributed by atoms with van der Waals surface area (Å²) < 4.78 is 11.1. The van der Waals surface area contributed by atoms with E-state index in [-0.39, 0.29) is 0 Å². The highest BCUT2D eigenvalue weighted by molar-refractivity contribution is 7.98. The van der Waals surface area contributed by atoms with Crippen molar-refractivity contribution < 1.29 is 9.15 Å². The standard InChI is InChI=1S/C16H14O2S/c1-17-13-6-3-12-9-15(18-16(12)10-13)11-4-7-14(19-2)8-5-11/h3-10H,1-2H3. The van der Waals surface area contributed by atoms with Gasteiger partial charge in [-0.2, -0.15) is 0 Å². The summed E-state index contributed by atoms with van der Waals surface area (Å²) >= 11 is 1.74. The monoisotopic (exact) mass is 270 g/mol. The molecular weight excluding hydrogens is 256 g/mol. The Balaban J connectivity index is 2.04. The number of fused-ring (bicyclic) bond motifs is 1. The molecule has 96 valence electrons. The predicted molar refractivity (Wildman–Crippen MR) is 80.0 cm³/mol. The van der Waals surface area contributed by atoms with Gasteiger partial charge in [0.05, 0.1) is 7.11 Å². The van der Waals surface area contributed by atoms with Gasteiger partial charge in [0.1, 0.15) is 17.1 Å². The molecule has 19 heavy (non-hydrogen) atoms. The number of ether oxygens (including phenoxy) is 1. The molecule has 0 radical (unpaired) electrons. The Bertz CT molecular complexity index is 698. The number of thioether (sulfide) groups is 1. The second kappa shape index (κ2) is 5.02. The van der Waals surface area contributed by atoms with Gasteiger partial charge in [-0.3, -0.25) is 0 Å². The summed E-state index contributed by atoms with van der Waals surface area (Å²) in [6.45, 7) is 0. The van der Waals surface area contributed by atoms with Crippen LogP contribution in [-0.4, -0.2) is 13.4 Å². The SMILES string of the molecule is COc1ccc2cc(-c3ccc(SC)cc3)oc2c1. The van der Waals surface area contributed by atoms with Gasteiger partial charge < -0.3 is 9.15 Å². The average molecular weight is 270 g/mol. The first-order valence-electron chi connectivity index (χ1n) is 6.02. The normalized spacial score (nSPS) is 10.8. The van der Waals surface area contributed by atoms with Crippen molar-refractivity contribution in [3.05, 3.63) is 48.5 Å². The summed E-state index contributed by atoms with van der Waals surface area (Å²) in [5.41, 5.74) is 1.94. The van der Waals surface area contributed by atoms with Gasteiger partial charge >= 0.3 is 0 Å². The Morgan fingerprint density at radius 2 is 1.79 bits per heavy atom. The van der Waals surface area contributed by atoms with Gasteiger partial charge in [0.15, 0.2) is 0 Å². The lowest BCUT2D eigenvalue weighted by atomic mass is 10.1. The van der Waals surface area contributed by atoms with E-state index in [4.69, 9.17) is 9.15 Å². The van der Waals surface area contributed by atoms with Crippen LogP contribution in [0, 0.1) is 0 Å². The molecule has 0 unspecified atom stereocenters. The van der Waals surface area contributed by atoms with E-state index in [9.17, 15) is 0 Å². The minimum Gasteiger partial charge on any atom is -0.497 e. The zero-order valence-corrected chi connectivity index (χ0v) is 11.7. The summed E-state index contributed by atoms with van der Waals surface area (Å²) in [6.07, 6.45) is 2.07. The molecule has 0 fully saturated rings. The fourth-order valence-corrected chi connectivity index (χ4v) is 2.44. The quantitative estimate of drug-likeness (QED) is 0.636. The molecule has 3 rings (SSSR count). The Hall–Kier alpha value is -1.87. The first-order valence-corrected chi connectivity index (χ1v) is 7.24. The number of rotatable bonds is 3. The smallest absolute Gasteiger partial charge is 0.138 e. The molecule has 1 aromatic heterocycles. The molecule has 0 saturated heterocycles. The third kappa shape index (κ3) is 2.34. The second-order valence-corrected chi connectivity index (χ2v) is 5.12. The Morgan fingerprint density at radius 1 is 1.00 bits per heavy atom. The minimum absolute atomic E-state index is 0.811. The number of furan rings is 1. The molecule has 0 spiro atoms. The topological polar surface area (TPSA) is 22.4 Å². The van der Waals surface area contributed by atoms with Crippen molar-refractivity contribution in [2.24, 2.45) is 0 Å². The molecule has 2 nitrogen and oxygen atoms in total. The van der Waals surface area contributed by atoms with Crippen molar-refractivity contribution in [1.29, 1.82) is 0 Å². The summed E-state index contributed by atoms with van der Waals surface area (Å²) in [5.74, 6) is 1.70. The maximum atomic E-state index is 5.88. The molecule has 0 aliphatic carbocycles. The van der Waals surface area contributed by atoms with Crippen LogP contribution < -0.4 is 4.74 Å². The Morgan fingerprint density at radius 3 is 2.47 bits per heavy atom.